The van der Waals surface area contributed by atoms with E-state index in [0.717, 1.165) is 10.5 Å². The standard InChI is InChI=1S/C30H23BrN2O8/c1-13-9-22(34)26-20(27(13)35)12-19-17(24(26)14-10-21(31)28(36)23(11-14)41-2)7-8-18-25(19)30(38)32(29(18)37)15-3-5-16(6-4-15)33(39)40/h3-7,9-11,18-19,24-25,36H,8,12H2,1-2H3/t18-,19+,24-,25-/m0/s1. The Kier molecular flexibility index (Phi) is 6.29. The molecule has 2 aromatic rings. The van der Waals surface area contributed by atoms with Gasteiger partial charge in [0.15, 0.2) is 23.1 Å². The van der Waals surface area contributed by atoms with Crippen LogP contribution in [0.1, 0.15) is 31.2 Å². The largest absolute Gasteiger partial charge is 0.503 e. The van der Waals surface area contributed by atoms with Gasteiger partial charge in [-0.25, -0.2) is 0 Å². The number of hydrogen-bond acceptors (Lipinski definition) is 8. The van der Waals surface area contributed by atoms with Crippen molar-refractivity contribution < 1.29 is 33.9 Å². The number of phenols is 1. The highest BCUT2D eigenvalue weighted by Crippen LogP contribution is 2.56. The number of nitro benzene ring substituents is 1. The van der Waals surface area contributed by atoms with Crippen molar-refractivity contribution in [1.29, 1.82) is 0 Å². The third-order valence-electron chi connectivity index (χ3n) is 8.48. The Bertz CT molecular complexity index is 1690. The Morgan fingerprint density at radius 1 is 1.07 bits per heavy atom. The van der Waals surface area contributed by atoms with Crippen molar-refractivity contribution in [3.05, 3.63) is 91.0 Å². The minimum Gasteiger partial charge on any atom is -0.503 e. The normalized spacial score (nSPS) is 25.4. The SMILES string of the molecule is COc1cc([C@H]2C3=CC[C@@H]4C(=O)N(c5ccc([N+](=O)[O-])cc5)C(=O)[C@@H]4[C@@H]3CC3=C2C(=O)C=C(C)C3=O)cc(Br)c1O. The van der Waals surface area contributed by atoms with Crippen molar-refractivity contribution in [3.8, 4) is 11.5 Å². The number of ether oxygens (including phenoxy) is 1. The lowest BCUT2D eigenvalue weighted by Gasteiger charge is -2.42. The zero-order chi connectivity index (χ0) is 29.3. The van der Waals surface area contributed by atoms with Crippen LogP contribution in [-0.2, 0) is 19.2 Å². The number of aromatic hydroxyl groups is 1. The molecule has 10 nitrogen and oxygen atoms in total. The number of nitro groups is 1. The number of carbonyl (C=O) groups excluding carboxylic acids is 4. The van der Waals surface area contributed by atoms with Gasteiger partial charge in [-0.3, -0.25) is 34.2 Å². The van der Waals surface area contributed by atoms with Crippen LogP contribution in [0.15, 0.2) is 75.3 Å². The summed E-state index contributed by atoms with van der Waals surface area (Å²) in [5, 5.41) is 21.5. The number of amides is 2. The lowest BCUT2D eigenvalue weighted by atomic mass is 9.59. The van der Waals surface area contributed by atoms with Crippen LogP contribution in [0.4, 0.5) is 11.4 Å². The second-order valence-electron chi connectivity index (χ2n) is 10.6. The molecule has 1 N–H and O–H groups in total. The Balaban J connectivity index is 1.48. The Morgan fingerprint density at radius 2 is 1.78 bits per heavy atom. The van der Waals surface area contributed by atoms with Gasteiger partial charge in [-0.1, -0.05) is 11.6 Å². The summed E-state index contributed by atoms with van der Waals surface area (Å²) in [5.74, 6) is -4.08. The fraction of sp³-hybridized carbons (Fsp3) is 0.267. The van der Waals surface area contributed by atoms with Crippen molar-refractivity contribution in [1.82, 2.24) is 0 Å². The fourth-order valence-corrected chi connectivity index (χ4v) is 7.12. The predicted octanol–water partition coefficient (Wildman–Crippen LogP) is 4.71. The van der Waals surface area contributed by atoms with Crippen LogP contribution in [0.5, 0.6) is 11.5 Å². The molecular formula is C30H23BrN2O8. The van der Waals surface area contributed by atoms with Gasteiger partial charge in [0, 0.05) is 34.8 Å². The summed E-state index contributed by atoms with van der Waals surface area (Å²) in [6.45, 7) is 1.58. The molecule has 0 bridgehead atoms. The highest BCUT2D eigenvalue weighted by Gasteiger charge is 2.56. The number of nitrogens with zero attached hydrogens (tertiary/aromatic N) is 2. The van der Waals surface area contributed by atoms with Crippen LogP contribution < -0.4 is 9.64 Å². The number of halogens is 1. The topological polar surface area (TPSA) is 144 Å². The summed E-state index contributed by atoms with van der Waals surface area (Å²) in [6.07, 6.45) is 3.59. The number of anilines is 1. The molecule has 0 spiro atoms. The van der Waals surface area contributed by atoms with Gasteiger partial charge in [0.05, 0.1) is 34.0 Å². The van der Waals surface area contributed by atoms with Crippen LogP contribution in [0, 0.1) is 27.9 Å². The minimum absolute atomic E-state index is 0.118. The fourth-order valence-electron chi connectivity index (χ4n) is 6.66. The van der Waals surface area contributed by atoms with Gasteiger partial charge in [0.25, 0.3) is 5.69 Å². The van der Waals surface area contributed by atoms with Gasteiger partial charge in [-0.05, 0) is 77.5 Å². The van der Waals surface area contributed by atoms with E-state index in [-0.39, 0.29) is 47.3 Å². The van der Waals surface area contributed by atoms with Crippen molar-refractivity contribution in [3.63, 3.8) is 0 Å². The molecule has 4 atom stereocenters. The van der Waals surface area contributed by atoms with Crippen molar-refractivity contribution >= 4 is 50.7 Å². The number of benzene rings is 2. The number of carbonyl (C=O) groups is 4. The van der Waals surface area contributed by atoms with Crippen molar-refractivity contribution in [2.45, 2.75) is 25.7 Å². The summed E-state index contributed by atoms with van der Waals surface area (Å²) in [6, 6.07) is 8.51. The minimum atomic E-state index is -0.786. The van der Waals surface area contributed by atoms with E-state index < -0.39 is 40.4 Å². The summed E-state index contributed by atoms with van der Waals surface area (Å²) in [4.78, 5) is 66.0. The zero-order valence-corrected chi connectivity index (χ0v) is 23.5. The van der Waals surface area contributed by atoms with Gasteiger partial charge in [0.2, 0.25) is 11.8 Å². The first kappa shape index (κ1) is 26.8. The lowest BCUT2D eigenvalue weighted by Crippen LogP contribution is -2.39. The predicted molar refractivity (Wildman–Crippen MR) is 149 cm³/mol. The molecule has 0 saturated carbocycles. The first-order valence-corrected chi connectivity index (χ1v) is 13.7. The quantitative estimate of drug-likeness (QED) is 0.171. The van der Waals surface area contributed by atoms with Crippen LogP contribution in [-0.4, -0.2) is 40.5 Å². The van der Waals surface area contributed by atoms with Gasteiger partial charge in [-0.15, -0.1) is 0 Å². The molecule has 6 rings (SSSR count). The third kappa shape index (κ3) is 3.98. The molecule has 0 radical (unpaired) electrons. The van der Waals surface area contributed by atoms with Crippen LogP contribution in [0.3, 0.4) is 0 Å². The highest BCUT2D eigenvalue weighted by molar-refractivity contribution is 9.10. The first-order chi connectivity index (χ1) is 19.5. The van der Waals surface area contributed by atoms with E-state index in [0.29, 0.717) is 26.8 Å². The third-order valence-corrected chi connectivity index (χ3v) is 9.09. The number of imide groups is 1. The van der Waals surface area contributed by atoms with Crippen LogP contribution >= 0.6 is 15.9 Å². The van der Waals surface area contributed by atoms with Crippen LogP contribution in [0.2, 0.25) is 0 Å². The average Bonchev–Trinajstić information content (AvgIpc) is 3.21. The molecule has 208 valence electrons. The molecule has 41 heavy (non-hydrogen) atoms. The maximum atomic E-state index is 13.9. The summed E-state index contributed by atoms with van der Waals surface area (Å²) < 4.78 is 5.69. The molecule has 1 fully saturated rings. The molecule has 3 aliphatic carbocycles. The number of phenolic OH excluding ortho intramolecular Hbond substituents is 1. The molecular weight excluding hydrogens is 596 g/mol. The van der Waals surface area contributed by atoms with E-state index in [9.17, 15) is 34.4 Å². The van der Waals surface area contributed by atoms with E-state index in [2.05, 4.69) is 15.9 Å². The Morgan fingerprint density at radius 3 is 2.44 bits per heavy atom. The summed E-state index contributed by atoms with van der Waals surface area (Å²) in [5.41, 5.74) is 2.37. The first-order valence-electron chi connectivity index (χ1n) is 12.9. The highest BCUT2D eigenvalue weighted by atomic mass is 79.9. The van der Waals surface area contributed by atoms with Gasteiger partial charge < -0.3 is 9.84 Å². The van der Waals surface area contributed by atoms with E-state index in [4.69, 9.17) is 4.74 Å². The molecule has 0 unspecified atom stereocenters. The molecule has 1 aliphatic heterocycles. The molecule has 2 amide bonds. The molecule has 4 aliphatic rings. The van der Waals surface area contributed by atoms with Crippen molar-refractivity contribution in [2.75, 3.05) is 12.0 Å². The number of non-ortho nitro benzene ring substituents is 1. The monoisotopic (exact) mass is 618 g/mol. The number of allylic oxidation sites excluding steroid dienone is 6. The van der Waals surface area contributed by atoms with Crippen molar-refractivity contribution in [2.24, 2.45) is 17.8 Å². The number of methoxy groups -OCH3 is 1. The average molecular weight is 619 g/mol. The number of fused-ring (bicyclic) bond motifs is 3. The molecule has 2 aromatic carbocycles. The van der Waals surface area contributed by atoms with E-state index in [1.165, 1.54) is 37.5 Å². The van der Waals surface area contributed by atoms with E-state index >= 15 is 0 Å². The van der Waals surface area contributed by atoms with Gasteiger partial charge in [0.1, 0.15) is 0 Å². The lowest BCUT2D eigenvalue weighted by molar-refractivity contribution is -0.384. The van der Waals surface area contributed by atoms with E-state index in [1.807, 2.05) is 6.08 Å². The molecule has 0 aromatic heterocycles. The maximum Gasteiger partial charge on any atom is 0.269 e. The van der Waals surface area contributed by atoms with Gasteiger partial charge >= 0.3 is 0 Å². The number of rotatable bonds is 4. The Labute approximate surface area is 242 Å². The number of Topliss-reactive ketones (excluding diaryl/α,β-unsaturated/α-hetero) is 1. The second kappa shape index (κ2) is 9.62. The molecule has 11 heteroatoms. The maximum absolute atomic E-state index is 13.9. The number of hydrogen-bond donors (Lipinski definition) is 1. The van der Waals surface area contributed by atoms with Crippen LogP contribution in [0.25, 0.3) is 0 Å². The Hall–Kier alpha value is -4.38. The molecule has 1 saturated heterocycles. The van der Waals surface area contributed by atoms with Gasteiger partial charge in [-0.2, -0.15) is 0 Å². The zero-order valence-electron chi connectivity index (χ0n) is 21.9. The molecule has 1 heterocycles. The second-order valence-corrected chi connectivity index (χ2v) is 11.4. The smallest absolute Gasteiger partial charge is 0.269 e. The number of ketones is 2. The summed E-state index contributed by atoms with van der Waals surface area (Å²) >= 11 is 3.35. The van der Waals surface area contributed by atoms with E-state index in [1.54, 1.807) is 19.1 Å². The summed E-state index contributed by atoms with van der Waals surface area (Å²) in [7, 11) is 1.40.